The van der Waals surface area contributed by atoms with Crippen molar-refractivity contribution >= 4 is 5.91 Å². The van der Waals surface area contributed by atoms with Crippen molar-refractivity contribution in [2.45, 2.75) is 12.7 Å². The lowest BCUT2D eigenvalue weighted by Gasteiger charge is -2.07. The predicted molar refractivity (Wildman–Crippen MR) is 61.3 cm³/mol. The molecule has 4 nitrogen and oxygen atoms in total. The van der Waals surface area contributed by atoms with Gasteiger partial charge in [0.15, 0.2) is 5.69 Å². The second kappa shape index (κ2) is 4.75. The number of carbonyl (C=O) groups is 1. The number of primary amides is 1. The van der Waals surface area contributed by atoms with Crippen molar-refractivity contribution in [2.24, 2.45) is 5.73 Å². The van der Waals surface area contributed by atoms with E-state index in [1.54, 1.807) is 18.2 Å². The average Bonchev–Trinajstić information content (AvgIpc) is 2.77. The van der Waals surface area contributed by atoms with Crippen LogP contribution < -0.4 is 5.73 Å². The molecule has 2 aromatic rings. The van der Waals surface area contributed by atoms with Crippen molar-refractivity contribution in [3.05, 3.63) is 53.3 Å². The molecular weight excluding hydrogens is 259 g/mol. The Morgan fingerprint density at radius 2 is 1.95 bits per heavy atom. The molecule has 1 heterocycles. The van der Waals surface area contributed by atoms with Gasteiger partial charge in [-0.25, -0.2) is 0 Å². The van der Waals surface area contributed by atoms with Crippen LogP contribution in [0.3, 0.4) is 0 Å². The Labute approximate surface area is 106 Å². The molecule has 0 saturated carbocycles. The molecule has 1 aromatic carbocycles. The Morgan fingerprint density at radius 3 is 2.53 bits per heavy atom. The average molecular weight is 269 g/mol. The van der Waals surface area contributed by atoms with Gasteiger partial charge in [-0.1, -0.05) is 18.2 Å². The number of hydrogen-bond donors (Lipinski definition) is 1. The maximum absolute atomic E-state index is 12.4. The van der Waals surface area contributed by atoms with Crippen LogP contribution >= 0.6 is 0 Å². The summed E-state index contributed by atoms with van der Waals surface area (Å²) in [6, 6.07) is 7.33. The molecule has 0 spiro atoms. The summed E-state index contributed by atoms with van der Waals surface area (Å²) in [5, 5.41) is 3.42. The van der Waals surface area contributed by atoms with Gasteiger partial charge in [-0.2, -0.15) is 18.3 Å². The van der Waals surface area contributed by atoms with E-state index in [9.17, 15) is 18.0 Å². The summed E-state index contributed by atoms with van der Waals surface area (Å²) in [5.74, 6) is -0.626. The zero-order valence-corrected chi connectivity index (χ0v) is 9.69. The van der Waals surface area contributed by atoms with Crippen molar-refractivity contribution in [3.63, 3.8) is 0 Å². The molecule has 2 rings (SSSR count). The summed E-state index contributed by atoms with van der Waals surface area (Å²) in [6.45, 7) is 0.0508. The number of amides is 1. The summed E-state index contributed by atoms with van der Waals surface area (Å²) >= 11 is 0. The minimum absolute atomic E-state index is 0.0508. The fourth-order valence-electron chi connectivity index (χ4n) is 1.67. The molecule has 1 aromatic heterocycles. The van der Waals surface area contributed by atoms with E-state index in [0.29, 0.717) is 5.56 Å². The van der Waals surface area contributed by atoms with Crippen molar-refractivity contribution in [2.75, 3.05) is 0 Å². The van der Waals surface area contributed by atoms with Crippen molar-refractivity contribution in [1.29, 1.82) is 0 Å². The molecule has 100 valence electrons. The third-order valence-corrected chi connectivity index (χ3v) is 2.55. The zero-order valence-electron chi connectivity index (χ0n) is 9.69. The highest BCUT2D eigenvalue weighted by molar-refractivity contribution is 5.94. The number of halogens is 3. The monoisotopic (exact) mass is 269 g/mol. The first-order valence-electron chi connectivity index (χ1n) is 5.36. The molecule has 0 radical (unpaired) electrons. The first kappa shape index (κ1) is 13.1. The number of rotatable bonds is 3. The van der Waals surface area contributed by atoms with Crippen molar-refractivity contribution in [3.8, 4) is 0 Å². The van der Waals surface area contributed by atoms with Gasteiger partial charge in [0.2, 0.25) is 5.91 Å². The van der Waals surface area contributed by atoms with Crippen molar-refractivity contribution in [1.82, 2.24) is 9.78 Å². The van der Waals surface area contributed by atoms with Crippen LogP contribution in [0.2, 0.25) is 0 Å². The van der Waals surface area contributed by atoms with Gasteiger partial charge < -0.3 is 5.73 Å². The summed E-state index contributed by atoms with van der Waals surface area (Å²) in [7, 11) is 0. The van der Waals surface area contributed by atoms with Crippen LogP contribution in [0, 0.1) is 0 Å². The van der Waals surface area contributed by atoms with Gasteiger partial charge in [-0.15, -0.1) is 0 Å². The number of carbonyl (C=O) groups excluding carboxylic acids is 1. The van der Waals surface area contributed by atoms with Crippen LogP contribution in [0.1, 0.15) is 21.6 Å². The van der Waals surface area contributed by atoms with E-state index in [1.165, 1.54) is 12.3 Å². The normalized spacial score (nSPS) is 11.5. The molecule has 0 fully saturated rings. The van der Waals surface area contributed by atoms with Gasteiger partial charge in [0.1, 0.15) is 0 Å². The summed E-state index contributed by atoms with van der Waals surface area (Å²) < 4.78 is 38.3. The van der Waals surface area contributed by atoms with Crippen LogP contribution in [0.15, 0.2) is 36.5 Å². The molecule has 0 aliphatic carbocycles. The Kier molecular flexibility index (Phi) is 3.28. The van der Waals surface area contributed by atoms with Crippen LogP contribution in [-0.2, 0) is 12.7 Å². The smallest absolute Gasteiger partial charge is 0.366 e. The van der Waals surface area contributed by atoms with E-state index >= 15 is 0 Å². The van der Waals surface area contributed by atoms with E-state index in [2.05, 4.69) is 5.10 Å². The third-order valence-electron chi connectivity index (χ3n) is 2.55. The standard InChI is InChI=1S/C12H10F3N3O/c13-12(14,15)10-5-6-18(17-10)7-8-3-1-2-4-9(8)11(16)19/h1-6H,7H2,(H2,16,19). The van der Waals surface area contributed by atoms with Gasteiger partial charge in [-0.05, 0) is 17.7 Å². The van der Waals surface area contributed by atoms with Crippen molar-refractivity contribution < 1.29 is 18.0 Å². The number of nitrogens with two attached hydrogens (primary N) is 1. The molecular formula is C12H10F3N3O. The zero-order chi connectivity index (χ0) is 14.0. The summed E-state index contributed by atoms with van der Waals surface area (Å²) in [6.07, 6.45) is -3.27. The second-order valence-electron chi connectivity index (χ2n) is 3.92. The highest BCUT2D eigenvalue weighted by Gasteiger charge is 2.33. The minimum Gasteiger partial charge on any atom is -0.366 e. The maximum Gasteiger partial charge on any atom is 0.435 e. The van der Waals surface area contributed by atoms with E-state index in [-0.39, 0.29) is 12.1 Å². The Morgan fingerprint density at radius 1 is 1.26 bits per heavy atom. The lowest BCUT2D eigenvalue weighted by molar-refractivity contribution is -0.141. The quantitative estimate of drug-likeness (QED) is 0.927. The molecule has 2 N–H and O–H groups in total. The van der Waals surface area contributed by atoms with E-state index < -0.39 is 17.8 Å². The second-order valence-corrected chi connectivity index (χ2v) is 3.92. The number of benzene rings is 1. The van der Waals surface area contributed by atoms with Crippen LogP contribution in [0.5, 0.6) is 0 Å². The van der Waals surface area contributed by atoms with Gasteiger partial charge in [0, 0.05) is 11.8 Å². The topological polar surface area (TPSA) is 60.9 Å². The van der Waals surface area contributed by atoms with E-state index in [1.807, 2.05) is 0 Å². The lowest BCUT2D eigenvalue weighted by atomic mass is 10.1. The Bertz CT molecular complexity index is 604. The fourth-order valence-corrected chi connectivity index (χ4v) is 1.67. The van der Waals surface area contributed by atoms with E-state index in [0.717, 1.165) is 10.7 Å². The lowest BCUT2D eigenvalue weighted by Crippen LogP contribution is -2.15. The molecule has 0 saturated heterocycles. The van der Waals surface area contributed by atoms with Gasteiger partial charge in [0.25, 0.3) is 0 Å². The fraction of sp³-hybridized carbons (Fsp3) is 0.167. The van der Waals surface area contributed by atoms with Gasteiger partial charge in [-0.3, -0.25) is 9.48 Å². The molecule has 1 amide bonds. The summed E-state index contributed by atoms with van der Waals surface area (Å²) in [4.78, 5) is 11.2. The Hall–Kier alpha value is -2.31. The predicted octanol–water partition coefficient (Wildman–Crippen LogP) is 2.05. The molecule has 0 atom stereocenters. The van der Waals surface area contributed by atoms with Gasteiger partial charge >= 0.3 is 6.18 Å². The molecule has 0 aliphatic heterocycles. The molecule has 0 unspecified atom stereocenters. The van der Waals surface area contributed by atoms with Gasteiger partial charge in [0.05, 0.1) is 6.54 Å². The minimum atomic E-state index is -4.48. The molecule has 0 aliphatic rings. The SMILES string of the molecule is NC(=O)c1ccccc1Cn1ccc(C(F)(F)F)n1. The van der Waals surface area contributed by atoms with Crippen LogP contribution in [0.25, 0.3) is 0 Å². The molecule has 0 bridgehead atoms. The third kappa shape index (κ3) is 2.93. The number of nitrogens with zero attached hydrogens (tertiary/aromatic N) is 2. The summed E-state index contributed by atoms with van der Waals surface area (Å²) in [5.41, 5.74) is 5.02. The highest BCUT2D eigenvalue weighted by Crippen LogP contribution is 2.27. The molecule has 7 heteroatoms. The largest absolute Gasteiger partial charge is 0.435 e. The Balaban J connectivity index is 2.27. The van der Waals surface area contributed by atoms with E-state index in [4.69, 9.17) is 5.73 Å². The number of hydrogen-bond acceptors (Lipinski definition) is 2. The first-order valence-corrected chi connectivity index (χ1v) is 5.36. The van der Waals surface area contributed by atoms with Crippen LogP contribution in [-0.4, -0.2) is 15.7 Å². The molecule has 19 heavy (non-hydrogen) atoms. The highest BCUT2D eigenvalue weighted by atomic mass is 19.4. The first-order chi connectivity index (χ1) is 8.88. The number of alkyl halides is 3. The maximum atomic E-state index is 12.4. The number of aromatic nitrogens is 2. The van der Waals surface area contributed by atoms with Crippen LogP contribution in [0.4, 0.5) is 13.2 Å².